The molecule has 2 heterocycles. The minimum absolute atomic E-state index is 0. The summed E-state index contributed by atoms with van der Waals surface area (Å²) in [7, 11) is 1.78. The molecule has 0 spiro atoms. The van der Waals surface area contributed by atoms with Crippen LogP contribution in [0.25, 0.3) is 0 Å². The van der Waals surface area contributed by atoms with Gasteiger partial charge in [0.1, 0.15) is 11.5 Å². The van der Waals surface area contributed by atoms with Gasteiger partial charge in [-0.15, -0.1) is 24.0 Å². The van der Waals surface area contributed by atoms with Crippen LogP contribution in [0.15, 0.2) is 45.8 Å². The van der Waals surface area contributed by atoms with E-state index in [1.54, 1.807) is 7.05 Å². The van der Waals surface area contributed by atoms with Crippen LogP contribution in [0.2, 0.25) is 5.02 Å². The first-order valence-electron chi connectivity index (χ1n) is 9.40. The first kappa shape index (κ1) is 23.0. The van der Waals surface area contributed by atoms with Gasteiger partial charge in [0, 0.05) is 37.2 Å². The summed E-state index contributed by atoms with van der Waals surface area (Å²) in [6, 6.07) is 12.1. The van der Waals surface area contributed by atoms with Crippen LogP contribution in [0.5, 0.6) is 0 Å². The fraction of sp³-hybridized carbons (Fsp3) is 0.476. The van der Waals surface area contributed by atoms with Crippen molar-refractivity contribution < 1.29 is 9.15 Å². The Hall–Kier alpha value is -1.25. The van der Waals surface area contributed by atoms with Crippen LogP contribution in [0.4, 0.5) is 0 Å². The average Bonchev–Trinajstić information content (AvgIpc) is 3.12. The minimum Gasteiger partial charge on any atom is -0.464 e. The Balaban J connectivity index is 0.00000280. The van der Waals surface area contributed by atoms with E-state index < -0.39 is 0 Å². The molecule has 1 saturated heterocycles. The number of nitrogens with one attached hydrogen (secondary N) is 2. The third-order valence-corrected chi connectivity index (χ3v) is 5.58. The Kier molecular flexibility index (Phi) is 8.64. The number of hydrogen-bond donors (Lipinski definition) is 2. The highest BCUT2D eigenvalue weighted by Crippen LogP contribution is 2.38. The summed E-state index contributed by atoms with van der Waals surface area (Å²) in [5.74, 6) is 2.54. The number of ether oxygens (including phenoxy) is 1. The molecule has 0 saturated carbocycles. The fourth-order valence-corrected chi connectivity index (χ4v) is 3.94. The molecule has 3 rings (SSSR count). The van der Waals surface area contributed by atoms with E-state index >= 15 is 0 Å². The highest BCUT2D eigenvalue weighted by Gasteiger charge is 2.36. The molecule has 1 aliphatic heterocycles. The van der Waals surface area contributed by atoms with Crippen molar-refractivity contribution in [1.82, 2.24) is 10.6 Å². The molecule has 154 valence electrons. The predicted octanol–water partition coefficient (Wildman–Crippen LogP) is 4.83. The SMILES string of the molecule is CN=C(NCC1(c2ccccc2Cl)CCOCC1)NC(C)c1ccc(C)o1.I. The lowest BCUT2D eigenvalue weighted by Crippen LogP contribution is -2.48. The molecule has 1 aliphatic rings. The van der Waals surface area contributed by atoms with Crippen LogP contribution in [0.3, 0.4) is 0 Å². The van der Waals surface area contributed by atoms with E-state index in [1.807, 2.05) is 37.3 Å². The molecule has 7 heteroatoms. The maximum absolute atomic E-state index is 6.54. The number of rotatable bonds is 5. The molecule has 1 fully saturated rings. The standard InChI is InChI=1S/C21H28ClN3O2.HI/c1-15-8-9-19(27-15)16(2)25-20(23-3)24-14-21(10-12-26-13-11-21)17-6-4-5-7-18(17)22;/h4-9,16H,10-14H2,1-3H3,(H2,23,24,25);1H. The quantitative estimate of drug-likeness (QED) is 0.339. The van der Waals surface area contributed by atoms with Crippen LogP contribution in [0.1, 0.15) is 42.9 Å². The molecule has 5 nitrogen and oxygen atoms in total. The fourth-order valence-electron chi connectivity index (χ4n) is 3.60. The number of hydrogen-bond acceptors (Lipinski definition) is 3. The molecule has 0 bridgehead atoms. The molecular weight excluding hydrogens is 489 g/mol. The molecule has 2 aromatic rings. The maximum Gasteiger partial charge on any atom is 0.191 e. The monoisotopic (exact) mass is 517 g/mol. The van der Waals surface area contributed by atoms with Gasteiger partial charge in [-0.1, -0.05) is 29.8 Å². The number of halogens is 2. The van der Waals surface area contributed by atoms with Gasteiger partial charge in [-0.2, -0.15) is 0 Å². The van der Waals surface area contributed by atoms with E-state index in [2.05, 4.69) is 28.6 Å². The van der Waals surface area contributed by atoms with E-state index in [-0.39, 0.29) is 35.4 Å². The third-order valence-electron chi connectivity index (χ3n) is 5.25. The zero-order valence-corrected chi connectivity index (χ0v) is 19.7. The van der Waals surface area contributed by atoms with E-state index in [4.69, 9.17) is 20.8 Å². The molecule has 1 unspecified atom stereocenters. The van der Waals surface area contributed by atoms with Gasteiger partial charge in [0.15, 0.2) is 5.96 Å². The minimum atomic E-state index is -0.0707. The molecule has 1 aromatic heterocycles. The molecule has 0 radical (unpaired) electrons. The summed E-state index contributed by atoms with van der Waals surface area (Å²) in [6.45, 7) is 6.22. The normalized spacial score (nSPS) is 17.5. The van der Waals surface area contributed by atoms with Gasteiger partial charge in [0.25, 0.3) is 0 Å². The van der Waals surface area contributed by atoms with Gasteiger partial charge >= 0.3 is 0 Å². The van der Waals surface area contributed by atoms with Gasteiger partial charge in [0.05, 0.1) is 6.04 Å². The molecule has 2 N–H and O–H groups in total. The van der Waals surface area contributed by atoms with Crippen molar-refractivity contribution in [2.45, 2.75) is 38.1 Å². The summed E-state index contributed by atoms with van der Waals surface area (Å²) < 4.78 is 11.3. The van der Waals surface area contributed by atoms with E-state index in [1.165, 1.54) is 5.56 Å². The van der Waals surface area contributed by atoms with Crippen molar-refractivity contribution in [3.05, 3.63) is 58.5 Å². The summed E-state index contributed by atoms with van der Waals surface area (Å²) in [5.41, 5.74) is 1.10. The molecular formula is C21H29ClIN3O2. The number of aliphatic imine (C=N–C) groups is 1. The lowest BCUT2D eigenvalue weighted by Gasteiger charge is -2.39. The third kappa shape index (κ3) is 5.42. The van der Waals surface area contributed by atoms with Crippen LogP contribution in [0, 0.1) is 6.92 Å². The Morgan fingerprint density at radius 2 is 1.93 bits per heavy atom. The highest BCUT2D eigenvalue weighted by atomic mass is 127. The van der Waals surface area contributed by atoms with Crippen molar-refractivity contribution in [3.63, 3.8) is 0 Å². The Morgan fingerprint density at radius 1 is 1.21 bits per heavy atom. The zero-order chi connectivity index (χ0) is 19.3. The Morgan fingerprint density at radius 3 is 2.54 bits per heavy atom. The van der Waals surface area contributed by atoms with E-state index in [0.717, 1.165) is 55.1 Å². The largest absolute Gasteiger partial charge is 0.464 e. The van der Waals surface area contributed by atoms with Crippen molar-refractivity contribution in [2.75, 3.05) is 26.8 Å². The van der Waals surface area contributed by atoms with E-state index in [0.29, 0.717) is 0 Å². The Labute approximate surface area is 189 Å². The lowest BCUT2D eigenvalue weighted by molar-refractivity contribution is 0.0514. The van der Waals surface area contributed by atoms with Crippen molar-refractivity contribution in [1.29, 1.82) is 0 Å². The van der Waals surface area contributed by atoms with Crippen molar-refractivity contribution in [2.24, 2.45) is 4.99 Å². The molecule has 28 heavy (non-hydrogen) atoms. The Bertz CT molecular complexity index is 787. The molecule has 0 amide bonds. The van der Waals surface area contributed by atoms with Crippen molar-refractivity contribution in [3.8, 4) is 0 Å². The second kappa shape index (κ2) is 10.5. The zero-order valence-electron chi connectivity index (χ0n) is 16.6. The van der Waals surface area contributed by atoms with E-state index in [9.17, 15) is 0 Å². The van der Waals surface area contributed by atoms with Crippen LogP contribution >= 0.6 is 35.6 Å². The summed E-state index contributed by atoms with van der Waals surface area (Å²) in [5, 5.41) is 7.71. The lowest BCUT2D eigenvalue weighted by atomic mass is 9.74. The smallest absolute Gasteiger partial charge is 0.191 e. The summed E-state index contributed by atoms with van der Waals surface area (Å²) in [4.78, 5) is 4.38. The number of nitrogens with zero attached hydrogens (tertiary/aromatic N) is 1. The second-order valence-corrected chi connectivity index (χ2v) is 7.52. The van der Waals surface area contributed by atoms with Gasteiger partial charge in [0.2, 0.25) is 0 Å². The first-order valence-corrected chi connectivity index (χ1v) is 9.78. The number of aryl methyl sites for hydroxylation is 1. The second-order valence-electron chi connectivity index (χ2n) is 7.11. The first-order chi connectivity index (χ1) is 13.0. The maximum atomic E-state index is 6.54. The molecule has 0 aliphatic carbocycles. The van der Waals surface area contributed by atoms with Crippen LogP contribution < -0.4 is 10.6 Å². The summed E-state index contributed by atoms with van der Waals surface area (Å²) >= 11 is 6.54. The van der Waals surface area contributed by atoms with Gasteiger partial charge in [-0.3, -0.25) is 4.99 Å². The number of guanidine groups is 1. The van der Waals surface area contributed by atoms with Gasteiger partial charge in [-0.25, -0.2) is 0 Å². The summed E-state index contributed by atoms with van der Waals surface area (Å²) in [6.07, 6.45) is 1.85. The molecule has 1 aromatic carbocycles. The highest BCUT2D eigenvalue weighted by molar-refractivity contribution is 14.0. The van der Waals surface area contributed by atoms with Crippen molar-refractivity contribution >= 4 is 41.5 Å². The molecule has 1 atom stereocenters. The van der Waals surface area contributed by atoms with Gasteiger partial charge in [-0.05, 0) is 50.5 Å². The predicted molar refractivity (Wildman–Crippen MR) is 125 cm³/mol. The van der Waals surface area contributed by atoms with Crippen LogP contribution in [-0.2, 0) is 10.2 Å². The number of furan rings is 1. The average molecular weight is 518 g/mol. The van der Waals surface area contributed by atoms with Gasteiger partial charge < -0.3 is 19.8 Å². The topological polar surface area (TPSA) is 58.8 Å². The number of benzene rings is 1. The van der Waals surface area contributed by atoms with Crippen LogP contribution in [-0.4, -0.2) is 32.8 Å².